The summed E-state index contributed by atoms with van der Waals surface area (Å²) in [4.78, 5) is 15.6. The summed E-state index contributed by atoms with van der Waals surface area (Å²) in [5, 5.41) is 0. The van der Waals surface area contributed by atoms with E-state index in [2.05, 4.69) is 9.72 Å². The van der Waals surface area contributed by atoms with Crippen molar-refractivity contribution in [1.29, 1.82) is 0 Å². The van der Waals surface area contributed by atoms with Gasteiger partial charge in [0.2, 0.25) is 0 Å². The molecule has 1 aromatic rings. The van der Waals surface area contributed by atoms with Gasteiger partial charge in [0.1, 0.15) is 0 Å². The summed E-state index contributed by atoms with van der Waals surface area (Å²) in [5.74, 6) is -0.691. The molecule has 1 aromatic heterocycles. The Morgan fingerprint density at radius 3 is 2.88 bits per heavy atom. The molecule has 0 amide bonds. The maximum atomic E-state index is 12.5. The molecule has 1 aliphatic heterocycles. The van der Waals surface area contributed by atoms with Gasteiger partial charge in [-0.25, -0.2) is 13.2 Å². The topological polar surface area (TPSA) is 91.8 Å². The average Bonchev–Trinajstić information content (AvgIpc) is 2.59. The monoisotopic (exact) mass is 357 g/mol. The highest BCUT2D eigenvalue weighted by Gasteiger charge is 2.21. The first-order chi connectivity index (χ1) is 11.4. The van der Waals surface area contributed by atoms with Crippen LogP contribution >= 0.6 is 0 Å². The van der Waals surface area contributed by atoms with Crippen LogP contribution in [0.2, 0.25) is 0 Å². The zero-order valence-electron chi connectivity index (χ0n) is 14.0. The van der Waals surface area contributed by atoms with Crippen molar-refractivity contribution in [3.05, 3.63) is 23.5 Å². The van der Waals surface area contributed by atoms with E-state index in [1.807, 2.05) is 0 Å². The lowest BCUT2D eigenvalue weighted by Crippen LogP contribution is -2.23. The molecule has 24 heavy (non-hydrogen) atoms. The van der Waals surface area contributed by atoms with E-state index in [1.54, 1.807) is 6.92 Å². The van der Waals surface area contributed by atoms with Crippen molar-refractivity contribution < 1.29 is 27.4 Å². The minimum atomic E-state index is -3.55. The summed E-state index contributed by atoms with van der Waals surface area (Å²) < 4.78 is 40.6. The summed E-state index contributed by atoms with van der Waals surface area (Å²) >= 11 is 0. The van der Waals surface area contributed by atoms with Crippen molar-refractivity contribution in [3.8, 4) is 0 Å². The molecule has 1 fully saturated rings. The van der Waals surface area contributed by atoms with Gasteiger partial charge in [0.25, 0.3) is 0 Å². The number of hydrogen-bond donors (Lipinski definition) is 0. The second-order valence-electron chi connectivity index (χ2n) is 5.64. The summed E-state index contributed by atoms with van der Waals surface area (Å²) in [6, 6.07) is 1.31. The molecule has 134 valence electrons. The molecule has 0 saturated carbocycles. The van der Waals surface area contributed by atoms with Gasteiger partial charge >= 0.3 is 5.97 Å². The molecule has 0 aliphatic carbocycles. The number of aromatic nitrogens is 1. The molecule has 0 aromatic carbocycles. The Morgan fingerprint density at radius 1 is 1.42 bits per heavy atom. The number of esters is 1. The third-order valence-electron chi connectivity index (χ3n) is 3.80. The number of rotatable bonds is 7. The minimum absolute atomic E-state index is 0.0549. The number of ether oxygens (including phenoxy) is 3. The highest BCUT2D eigenvalue weighted by Crippen LogP contribution is 2.18. The SMILES string of the molecule is COC(=O)c1cnc(C)c(S(=O)(=O)CCCOC2CCCCO2)c1. The van der Waals surface area contributed by atoms with Crippen LogP contribution in [0.15, 0.2) is 17.2 Å². The highest BCUT2D eigenvalue weighted by molar-refractivity contribution is 7.91. The van der Waals surface area contributed by atoms with E-state index in [-0.39, 0.29) is 22.5 Å². The highest BCUT2D eigenvalue weighted by atomic mass is 32.2. The number of nitrogens with zero attached hydrogens (tertiary/aromatic N) is 1. The van der Waals surface area contributed by atoms with Gasteiger partial charge in [-0.15, -0.1) is 0 Å². The molecule has 2 heterocycles. The molecule has 1 unspecified atom stereocenters. The third-order valence-corrected chi connectivity index (χ3v) is 5.71. The predicted molar refractivity (Wildman–Crippen MR) is 86.5 cm³/mol. The lowest BCUT2D eigenvalue weighted by molar-refractivity contribution is -0.162. The van der Waals surface area contributed by atoms with Crippen molar-refractivity contribution in [2.45, 2.75) is 43.8 Å². The number of carbonyl (C=O) groups excluding carboxylic acids is 1. The summed E-state index contributed by atoms with van der Waals surface area (Å²) in [6.07, 6.45) is 4.38. The van der Waals surface area contributed by atoms with Crippen LogP contribution in [-0.4, -0.2) is 51.7 Å². The molecular formula is C16H23NO6S. The lowest BCUT2D eigenvalue weighted by atomic mass is 10.2. The largest absolute Gasteiger partial charge is 0.465 e. The predicted octanol–water partition coefficient (Wildman–Crippen LogP) is 1.88. The van der Waals surface area contributed by atoms with Crippen molar-refractivity contribution in [3.63, 3.8) is 0 Å². The van der Waals surface area contributed by atoms with Crippen molar-refractivity contribution in [2.24, 2.45) is 0 Å². The maximum Gasteiger partial charge on any atom is 0.339 e. The van der Waals surface area contributed by atoms with Crippen LogP contribution in [0.5, 0.6) is 0 Å². The van der Waals surface area contributed by atoms with Crippen LogP contribution in [-0.2, 0) is 24.0 Å². The number of aryl methyl sites for hydroxylation is 1. The number of methoxy groups -OCH3 is 1. The van der Waals surface area contributed by atoms with Crippen LogP contribution in [0.4, 0.5) is 0 Å². The normalized spacial score (nSPS) is 18.3. The Morgan fingerprint density at radius 2 is 2.21 bits per heavy atom. The number of carbonyl (C=O) groups is 1. The van der Waals surface area contributed by atoms with Gasteiger partial charge in [-0.3, -0.25) is 4.98 Å². The fourth-order valence-corrected chi connectivity index (χ4v) is 4.00. The molecule has 7 nitrogen and oxygen atoms in total. The van der Waals surface area contributed by atoms with Gasteiger partial charge in [0, 0.05) is 12.8 Å². The fourth-order valence-electron chi connectivity index (χ4n) is 2.47. The summed E-state index contributed by atoms with van der Waals surface area (Å²) in [6.45, 7) is 2.60. The molecule has 2 rings (SSSR count). The molecule has 0 spiro atoms. The average molecular weight is 357 g/mol. The number of pyridine rings is 1. The first-order valence-corrected chi connectivity index (χ1v) is 9.60. The van der Waals surface area contributed by atoms with Gasteiger partial charge in [-0.1, -0.05) is 0 Å². The second kappa shape index (κ2) is 8.55. The van der Waals surface area contributed by atoms with Crippen LogP contribution in [0.1, 0.15) is 41.7 Å². The number of hydrogen-bond acceptors (Lipinski definition) is 7. The van der Waals surface area contributed by atoms with Crippen LogP contribution < -0.4 is 0 Å². The van der Waals surface area contributed by atoms with E-state index in [0.717, 1.165) is 19.3 Å². The first-order valence-electron chi connectivity index (χ1n) is 7.95. The van der Waals surface area contributed by atoms with E-state index in [1.165, 1.54) is 19.4 Å². The van der Waals surface area contributed by atoms with Crippen LogP contribution in [0.25, 0.3) is 0 Å². The second-order valence-corrected chi connectivity index (χ2v) is 7.72. The van der Waals surface area contributed by atoms with Crippen LogP contribution in [0.3, 0.4) is 0 Å². The first kappa shape index (κ1) is 18.8. The van der Waals surface area contributed by atoms with Gasteiger partial charge in [0.05, 0.1) is 35.6 Å². The standard InChI is InChI=1S/C16H23NO6S/c1-12-14(10-13(11-17-12)16(18)21-2)24(19,20)9-5-8-23-15-6-3-4-7-22-15/h10-11,15H,3-9H2,1-2H3. The minimum Gasteiger partial charge on any atom is -0.465 e. The zero-order valence-corrected chi connectivity index (χ0v) is 14.8. The van der Waals surface area contributed by atoms with Gasteiger partial charge < -0.3 is 14.2 Å². The summed E-state index contributed by atoms with van der Waals surface area (Å²) in [5.41, 5.74) is 0.479. The van der Waals surface area contributed by atoms with Crippen molar-refractivity contribution in [2.75, 3.05) is 26.1 Å². The maximum absolute atomic E-state index is 12.5. The third kappa shape index (κ3) is 4.99. The van der Waals surface area contributed by atoms with E-state index in [0.29, 0.717) is 25.3 Å². The Balaban J connectivity index is 1.95. The number of sulfone groups is 1. The lowest BCUT2D eigenvalue weighted by Gasteiger charge is -2.22. The van der Waals surface area contributed by atoms with E-state index in [9.17, 15) is 13.2 Å². The fraction of sp³-hybridized carbons (Fsp3) is 0.625. The molecule has 8 heteroatoms. The van der Waals surface area contributed by atoms with E-state index >= 15 is 0 Å². The Bertz CT molecular complexity index is 667. The smallest absolute Gasteiger partial charge is 0.339 e. The van der Waals surface area contributed by atoms with E-state index < -0.39 is 15.8 Å². The van der Waals surface area contributed by atoms with Gasteiger partial charge in [-0.2, -0.15) is 0 Å². The van der Waals surface area contributed by atoms with Gasteiger partial charge in [-0.05, 0) is 38.7 Å². The molecule has 0 N–H and O–H groups in total. The zero-order chi connectivity index (χ0) is 17.6. The van der Waals surface area contributed by atoms with E-state index in [4.69, 9.17) is 9.47 Å². The molecule has 1 atom stereocenters. The summed E-state index contributed by atoms with van der Waals surface area (Å²) in [7, 11) is -2.31. The molecular weight excluding hydrogens is 334 g/mol. The Hall–Kier alpha value is -1.51. The molecule has 0 bridgehead atoms. The molecule has 1 saturated heterocycles. The molecule has 0 radical (unpaired) electrons. The van der Waals surface area contributed by atoms with Crippen LogP contribution in [0, 0.1) is 6.92 Å². The van der Waals surface area contributed by atoms with Crippen molar-refractivity contribution in [1.82, 2.24) is 4.98 Å². The van der Waals surface area contributed by atoms with Crippen molar-refractivity contribution >= 4 is 15.8 Å². The Labute approximate surface area is 142 Å². The quantitative estimate of drug-likeness (QED) is 0.543. The Kier molecular flexibility index (Phi) is 6.70. The molecule has 1 aliphatic rings. The van der Waals surface area contributed by atoms with Gasteiger partial charge in [0.15, 0.2) is 16.1 Å².